The molecule has 21 heavy (non-hydrogen) atoms. The van der Waals surface area contributed by atoms with E-state index < -0.39 is 0 Å². The van der Waals surface area contributed by atoms with Gasteiger partial charge in [-0.2, -0.15) is 10.4 Å². The van der Waals surface area contributed by atoms with Gasteiger partial charge >= 0.3 is 0 Å². The van der Waals surface area contributed by atoms with Crippen LogP contribution in [0.2, 0.25) is 5.02 Å². The summed E-state index contributed by atoms with van der Waals surface area (Å²) < 4.78 is 1.63. The summed E-state index contributed by atoms with van der Waals surface area (Å²) in [5, 5.41) is 14.0. The van der Waals surface area contributed by atoms with Crippen molar-refractivity contribution in [3.8, 4) is 22.9 Å². The number of hydrogen-bond acceptors (Lipinski definition) is 3. The van der Waals surface area contributed by atoms with Crippen LogP contribution in [0.15, 0.2) is 54.9 Å². The third-order valence-electron chi connectivity index (χ3n) is 3.18. The highest BCUT2D eigenvalue weighted by Crippen LogP contribution is 2.27. The molecule has 0 atom stereocenters. The lowest BCUT2D eigenvalue weighted by Crippen LogP contribution is -1.97. The molecule has 3 rings (SSSR count). The molecule has 3 aromatic rings. The van der Waals surface area contributed by atoms with Crippen LogP contribution < -0.4 is 5.73 Å². The summed E-state index contributed by atoms with van der Waals surface area (Å²) in [5.74, 6) is 0. The van der Waals surface area contributed by atoms with Crippen molar-refractivity contribution in [1.29, 1.82) is 5.26 Å². The molecule has 0 unspecified atom stereocenters. The van der Waals surface area contributed by atoms with E-state index in [-0.39, 0.29) is 0 Å². The first-order chi connectivity index (χ1) is 10.2. The molecule has 5 heteroatoms. The van der Waals surface area contributed by atoms with Crippen molar-refractivity contribution < 1.29 is 0 Å². The molecule has 2 N–H and O–H groups in total. The minimum Gasteiger partial charge on any atom is -0.398 e. The number of nitrogens with two attached hydrogens (primary N) is 1. The molecule has 1 aromatic heterocycles. The molecule has 0 saturated heterocycles. The summed E-state index contributed by atoms with van der Waals surface area (Å²) >= 11 is 6.00. The van der Waals surface area contributed by atoms with Gasteiger partial charge in [0.05, 0.1) is 17.4 Å². The molecule has 0 bridgehead atoms. The van der Waals surface area contributed by atoms with Crippen LogP contribution in [0, 0.1) is 11.3 Å². The highest BCUT2D eigenvalue weighted by Gasteiger charge is 2.09. The van der Waals surface area contributed by atoms with Crippen LogP contribution in [0.3, 0.4) is 0 Å². The lowest BCUT2D eigenvalue weighted by Gasteiger charge is -2.04. The fourth-order valence-corrected chi connectivity index (χ4v) is 2.31. The Labute approximate surface area is 127 Å². The van der Waals surface area contributed by atoms with Gasteiger partial charge in [0.25, 0.3) is 0 Å². The number of hydrogen-bond donors (Lipinski definition) is 1. The molecule has 0 aliphatic rings. The van der Waals surface area contributed by atoms with Crippen molar-refractivity contribution in [3.05, 3.63) is 65.4 Å². The number of aromatic nitrogens is 2. The van der Waals surface area contributed by atoms with Crippen LogP contribution in [0.25, 0.3) is 16.8 Å². The zero-order chi connectivity index (χ0) is 14.8. The van der Waals surface area contributed by atoms with Crippen LogP contribution in [0.5, 0.6) is 0 Å². The number of nitrogen functional groups attached to an aromatic ring is 1. The standard InChI is InChI=1S/C16H11ClN4/c17-13-6-5-11(8-18)16(7-13)21-10-12(9-20-21)14-3-1-2-4-15(14)19/h1-7,9-10H,19H2. The van der Waals surface area contributed by atoms with Crippen LogP contribution in [0.4, 0.5) is 5.69 Å². The average molecular weight is 295 g/mol. The Bertz CT molecular complexity index is 845. The number of para-hydroxylation sites is 1. The van der Waals surface area contributed by atoms with Crippen LogP contribution in [-0.2, 0) is 0 Å². The van der Waals surface area contributed by atoms with Gasteiger partial charge in [0, 0.05) is 28.0 Å². The minimum absolute atomic E-state index is 0.509. The molecule has 0 aliphatic carbocycles. The highest BCUT2D eigenvalue weighted by molar-refractivity contribution is 6.30. The van der Waals surface area contributed by atoms with E-state index in [0.29, 0.717) is 22.0 Å². The number of benzene rings is 2. The van der Waals surface area contributed by atoms with E-state index in [1.807, 2.05) is 30.5 Å². The molecular weight excluding hydrogens is 284 g/mol. The Kier molecular flexibility index (Phi) is 3.35. The zero-order valence-corrected chi connectivity index (χ0v) is 11.7. The normalized spacial score (nSPS) is 10.3. The third kappa shape index (κ3) is 2.47. The summed E-state index contributed by atoms with van der Waals surface area (Å²) in [6, 6.07) is 14.8. The molecule has 4 nitrogen and oxygen atoms in total. The smallest absolute Gasteiger partial charge is 0.101 e. The van der Waals surface area contributed by atoms with Gasteiger partial charge in [-0.05, 0) is 24.3 Å². The summed E-state index contributed by atoms with van der Waals surface area (Å²) in [7, 11) is 0. The predicted molar refractivity (Wildman–Crippen MR) is 83.1 cm³/mol. The van der Waals surface area contributed by atoms with Crippen LogP contribution in [0.1, 0.15) is 5.56 Å². The number of halogens is 1. The first-order valence-corrected chi connectivity index (χ1v) is 6.66. The summed E-state index contributed by atoms with van der Waals surface area (Å²) in [6.45, 7) is 0. The second-order valence-corrected chi connectivity index (χ2v) is 4.97. The first kappa shape index (κ1) is 13.2. The number of rotatable bonds is 2. The van der Waals surface area contributed by atoms with Gasteiger partial charge in [0.15, 0.2) is 0 Å². The molecule has 0 spiro atoms. The van der Waals surface area contributed by atoms with E-state index in [9.17, 15) is 5.26 Å². The first-order valence-electron chi connectivity index (χ1n) is 6.28. The van der Waals surface area contributed by atoms with Crippen molar-refractivity contribution in [2.24, 2.45) is 0 Å². The lowest BCUT2D eigenvalue weighted by molar-refractivity contribution is 0.877. The quantitative estimate of drug-likeness (QED) is 0.734. The van der Waals surface area contributed by atoms with E-state index in [2.05, 4.69) is 11.2 Å². The third-order valence-corrected chi connectivity index (χ3v) is 3.42. The van der Waals surface area contributed by atoms with E-state index in [1.54, 1.807) is 29.1 Å². The number of nitrogens with zero attached hydrogens (tertiary/aromatic N) is 3. The Morgan fingerprint density at radius 3 is 2.76 bits per heavy atom. The number of anilines is 1. The molecule has 2 aromatic carbocycles. The van der Waals surface area contributed by atoms with Crippen LogP contribution >= 0.6 is 11.6 Å². The summed E-state index contributed by atoms with van der Waals surface area (Å²) in [4.78, 5) is 0. The zero-order valence-electron chi connectivity index (χ0n) is 11.0. The SMILES string of the molecule is N#Cc1ccc(Cl)cc1-n1cc(-c2ccccc2N)cn1. The van der Waals surface area contributed by atoms with Gasteiger partial charge in [0.2, 0.25) is 0 Å². The molecule has 0 saturated carbocycles. The molecular formula is C16H11ClN4. The van der Waals surface area contributed by atoms with Gasteiger partial charge in [0.1, 0.15) is 6.07 Å². The van der Waals surface area contributed by atoms with Gasteiger partial charge in [-0.15, -0.1) is 0 Å². The van der Waals surface area contributed by atoms with Crippen molar-refractivity contribution in [2.75, 3.05) is 5.73 Å². The van der Waals surface area contributed by atoms with Gasteiger partial charge < -0.3 is 5.73 Å². The average Bonchev–Trinajstić information content (AvgIpc) is 2.97. The molecule has 0 aliphatic heterocycles. The summed E-state index contributed by atoms with van der Waals surface area (Å²) in [6.07, 6.45) is 3.55. The van der Waals surface area contributed by atoms with E-state index in [0.717, 1.165) is 11.1 Å². The van der Waals surface area contributed by atoms with E-state index in [1.165, 1.54) is 0 Å². The lowest BCUT2D eigenvalue weighted by atomic mass is 10.1. The minimum atomic E-state index is 0.509. The van der Waals surface area contributed by atoms with Crippen molar-refractivity contribution in [1.82, 2.24) is 9.78 Å². The maximum atomic E-state index is 9.18. The van der Waals surface area contributed by atoms with E-state index in [4.69, 9.17) is 17.3 Å². The molecule has 0 radical (unpaired) electrons. The van der Waals surface area contributed by atoms with Crippen molar-refractivity contribution in [2.45, 2.75) is 0 Å². The largest absolute Gasteiger partial charge is 0.398 e. The Balaban J connectivity index is 2.10. The molecule has 0 amide bonds. The highest BCUT2D eigenvalue weighted by atomic mass is 35.5. The fraction of sp³-hybridized carbons (Fsp3) is 0. The van der Waals surface area contributed by atoms with Gasteiger partial charge in [-0.3, -0.25) is 0 Å². The Hall–Kier alpha value is -2.77. The second-order valence-electron chi connectivity index (χ2n) is 4.53. The Morgan fingerprint density at radius 2 is 2.00 bits per heavy atom. The summed E-state index contributed by atoms with van der Waals surface area (Å²) in [5.41, 5.74) is 9.60. The maximum Gasteiger partial charge on any atom is 0.101 e. The molecule has 0 fully saturated rings. The van der Waals surface area contributed by atoms with E-state index >= 15 is 0 Å². The van der Waals surface area contributed by atoms with Crippen molar-refractivity contribution in [3.63, 3.8) is 0 Å². The topological polar surface area (TPSA) is 67.6 Å². The number of nitriles is 1. The Morgan fingerprint density at radius 1 is 1.19 bits per heavy atom. The van der Waals surface area contributed by atoms with Crippen LogP contribution in [-0.4, -0.2) is 9.78 Å². The van der Waals surface area contributed by atoms with Gasteiger partial charge in [-0.1, -0.05) is 29.8 Å². The predicted octanol–water partition coefficient (Wildman–Crippen LogP) is 3.65. The fourth-order valence-electron chi connectivity index (χ4n) is 2.14. The molecule has 102 valence electrons. The molecule has 1 heterocycles. The van der Waals surface area contributed by atoms with Gasteiger partial charge in [-0.25, -0.2) is 4.68 Å². The monoisotopic (exact) mass is 294 g/mol. The second kappa shape index (κ2) is 5.31. The van der Waals surface area contributed by atoms with Crippen molar-refractivity contribution >= 4 is 17.3 Å². The maximum absolute atomic E-state index is 9.18.